The van der Waals surface area contributed by atoms with Crippen LogP contribution in [0.4, 0.5) is 0 Å². The van der Waals surface area contributed by atoms with Crippen molar-refractivity contribution in [1.82, 2.24) is 5.32 Å². The van der Waals surface area contributed by atoms with Crippen molar-refractivity contribution in [3.8, 4) is 0 Å². The van der Waals surface area contributed by atoms with E-state index >= 15 is 0 Å². The Labute approximate surface area is 103 Å². The predicted molar refractivity (Wildman–Crippen MR) is 67.5 cm³/mol. The van der Waals surface area contributed by atoms with Gasteiger partial charge in [-0.05, 0) is 44.9 Å². The van der Waals surface area contributed by atoms with Crippen molar-refractivity contribution in [1.29, 1.82) is 0 Å². The Balaban J connectivity index is 1.95. The van der Waals surface area contributed by atoms with E-state index < -0.39 is 10.1 Å². The van der Waals surface area contributed by atoms with Gasteiger partial charge in [0.05, 0.1) is 5.75 Å². The molecule has 0 aliphatic heterocycles. The van der Waals surface area contributed by atoms with Crippen molar-refractivity contribution in [3.63, 3.8) is 0 Å². The molecular formula is C12H21NO3S. The molecule has 2 rings (SSSR count). The van der Waals surface area contributed by atoms with E-state index in [0.717, 1.165) is 12.3 Å². The molecular weight excluding hydrogens is 238 g/mol. The molecule has 1 fully saturated rings. The average molecular weight is 259 g/mol. The molecule has 0 amide bonds. The molecule has 0 aromatic carbocycles. The van der Waals surface area contributed by atoms with E-state index in [1.807, 2.05) is 0 Å². The van der Waals surface area contributed by atoms with Gasteiger partial charge in [0.15, 0.2) is 0 Å². The first-order valence-corrected chi connectivity index (χ1v) is 7.88. The predicted octanol–water partition coefficient (Wildman–Crippen LogP) is 1.74. The molecule has 2 atom stereocenters. The van der Waals surface area contributed by atoms with Gasteiger partial charge < -0.3 is 5.32 Å². The second kappa shape index (κ2) is 4.71. The van der Waals surface area contributed by atoms with Crippen molar-refractivity contribution in [2.75, 3.05) is 12.3 Å². The molecule has 2 unspecified atom stereocenters. The zero-order chi connectivity index (χ0) is 12.5. The number of hydrogen-bond acceptors (Lipinski definition) is 3. The number of fused-ring (bicyclic) bond motifs is 2. The van der Waals surface area contributed by atoms with Crippen LogP contribution in [0.5, 0.6) is 0 Å². The lowest BCUT2D eigenvalue weighted by Crippen LogP contribution is -2.46. The number of allylic oxidation sites excluding steroid dienone is 1. The Hall–Kier alpha value is -0.390. The third-order valence-electron chi connectivity index (χ3n) is 3.79. The van der Waals surface area contributed by atoms with Crippen LogP contribution >= 0.6 is 0 Å². The van der Waals surface area contributed by atoms with E-state index in [9.17, 15) is 8.42 Å². The minimum atomic E-state index is -3.85. The summed E-state index contributed by atoms with van der Waals surface area (Å²) in [6.07, 6.45) is 8.32. The Kier molecular flexibility index (Phi) is 3.61. The first-order chi connectivity index (χ1) is 7.86. The van der Waals surface area contributed by atoms with E-state index in [1.54, 1.807) is 0 Å². The summed E-state index contributed by atoms with van der Waals surface area (Å²) in [6.45, 7) is 2.43. The molecule has 98 valence electrons. The van der Waals surface area contributed by atoms with Crippen molar-refractivity contribution in [3.05, 3.63) is 11.6 Å². The van der Waals surface area contributed by atoms with Crippen molar-refractivity contribution in [2.24, 2.45) is 5.92 Å². The van der Waals surface area contributed by atoms with Gasteiger partial charge in [-0.2, -0.15) is 8.42 Å². The van der Waals surface area contributed by atoms with Crippen molar-refractivity contribution >= 4 is 10.1 Å². The molecule has 0 heterocycles. The highest BCUT2D eigenvalue weighted by Crippen LogP contribution is 2.39. The van der Waals surface area contributed by atoms with E-state index in [0.29, 0.717) is 6.54 Å². The molecule has 2 aliphatic rings. The minimum Gasteiger partial charge on any atom is -0.307 e. The summed E-state index contributed by atoms with van der Waals surface area (Å²) in [7, 11) is -3.85. The van der Waals surface area contributed by atoms with Gasteiger partial charge in [0.1, 0.15) is 0 Å². The number of rotatable bonds is 4. The fourth-order valence-corrected chi connectivity index (χ4v) is 3.56. The van der Waals surface area contributed by atoms with Crippen LogP contribution in [0.3, 0.4) is 0 Å². The van der Waals surface area contributed by atoms with Gasteiger partial charge in [-0.25, -0.2) is 0 Å². The molecule has 17 heavy (non-hydrogen) atoms. The highest BCUT2D eigenvalue weighted by molar-refractivity contribution is 7.85. The molecule has 0 aromatic heterocycles. The Morgan fingerprint density at radius 2 is 2.35 bits per heavy atom. The normalized spacial score (nSPS) is 33.3. The van der Waals surface area contributed by atoms with Crippen LogP contribution in [0, 0.1) is 5.92 Å². The Morgan fingerprint density at radius 3 is 3.00 bits per heavy atom. The van der Waals surface area contributed by atoms with Crippen LogP contribution in [0.2, 0.25) is 0 Å². The molecule has 4 nitrogen and oxygen atoms in total. The quantitative estimate of drug-likeness (QED) is 0.596. The van der Waals surface area contributed by atoms with Crippen LogP contribution < -0.4 is 5.32 Å². The SMILES string of the molecule is CC1(NCCS(=O)(=O)O)C=C2CCCC(C2)C1. The van der Waals surface area contributed by atoms with Gasteiger partial charge in [-0.3, -0.25) is 4.55 Å². The second-order valence-electron chi connectivity index (χ2n) is 5.60. The smallest absolute Gasteiger partial charge is 0.266 e. The first kappa shape index (κ1) is 13.1. The lowest BCUT2D eigenvalue weighted by atomic mass is 9.71. The van der Waals surface area contributed by atoms with Gasteiger partial charge in [0.25, 0.3) is 10.1 Å². The second-order valence-corrected chi connectivity index (χ2v) is 7.17. The van der Waals surface area contributed by atoms with E-state index in [4.69, 9.17) is 4.55 Å². The highest BCUT2D eigenvalue weighted by atomic mass is 32.2. The van der Waals surface area contributed by atoms with Gasteiger partial charge in [-0.15, -0.1) is 0 Å². The minimum absolute atomic E-state index is 0.0939. The van der Waals surface area contributed by atoms with Gasteiger partial charge in [0, 0.05) is 12.1 Å². The molecule has 2 aliphatic carbocycles. The maximum atomic E-state index is 10.7. The third kappa shape index (κ3) is 3.79. The maximum Gasteiger partial charge on any atom is 0.266 e. The maximum absolute atomic E-state index is 10.7. The highest BCUT2D eigenvalue weighted by Gasteiger charge is 2.33. The van der Waals surface area contributed by atoms with Crippen molar-refractivity contribution in [2.45, 2.75) is 44.6 Å². The summed E-state index contributed by atoms with van der Waals surface area (Å²) < 4.78 is 30.1. The topological polar surface area (TPSA) is 66.4 Å². The van der Waals surface area contributed by atoms with Crippen LogP contribution in [-0.2, 0) is 10.1 Å². The van der Waals surface area contributed by atoms with Crippen LogP contribution in [-0.4, -0.2) is 30.8 Å². The zero-order valence-electron chi connectivity index (χ0n) is 10.3. The largest absolute Gasteiger partial charge is 0.307 e. The van der Waals surface area contributed by atoms with Crippen LogP contribution in [0.1, 0.15) is 39.0 Å². The Bertz CT molecular complexity index is 415. The first-order valence-electron chi connectivity index (χ1n) is 6.27. The van der Waals surface area contributed by atoms with E-state index in [2.05, 4.69) is 18.3 Å². The summed E-state index contributed by atoms with van der Waals surface area (Å²) >= 11 is 0. The number of nitrogens with one attached hydrogen (secondary N) is 1. The molecule has 0 saturated heterocycles. The molecule has 2 bridgehead atoms. The van der Waals surface area contributed by atoms with Crippen LogP contribution in [0.15, 0.2) is 11.6 Å². The standard InChI is InChI=1S/C12H21NO3S/c1-12(13-5-6-17(14,15)16)8-10-3-2-4-11(7-10)9-12/h8,11,13H,2-7,9H2,1H3,(H,14,15,16). The lowest BCUT2D eigenvalue weighted by Gasteiger charge is -2.40. The fourth-order valence-electron chi connectivity index (χ4n) is 3.20. The summed E-state index contributed by atoms with van der Waals surface area (Å²) in [5.74, 6) is 0.531. The van der Waals surface area contributed by atoms with Crippen LogP contribution in [0.25, 0.3) is 0 Å². The summed E-state index contributed by atoms with van der Waals surface area (Å²) in [5.41, 5.74) is 1.41. The number of hydrogen-bond donors (Lipinski definition) is 2. The third-order valence-corrected chi connectivity index (χ3v) is 4.51. The summed E-state index contributed by atoms with van der Waals surface area (Å²) in [5, 5.41) is 3.27. The molecule has 5 heteroatoms. The molecule has 0 spiro atoms. The Morgan fingerprint density at radius 1 is 1.59 bits per heavy atom. The fraction of sp³-hybridized carbons (Fsp3) is 0.833. The van der Waals surface area contributed by atoms with E-state index in [-0.39, 0.29) is 11.3 Å². The lowest BCUT2D eigenvalue weighted by molar-refractivity contribution is 0.271. The molecule has 0 radical (unpaired) electrons. The molecule has 1 saturated carbocycles. The molecule has 0 aromatic rings. The van der Waals surface area contributed by atoms with Gasteiger partial charge in [0.2, 0.25) is 0 Å². The van der Waals surface area contributed by atoms with E-state index in [1.165, 1.54) is 31.3 Å². The van der Waals surface area contributed by atoms with Gasteiger partial charge >= 0.3 is 0 Å². The monoisotopic (exact) mass is 259 g/mol. The summed E-state index contributed by atoms with van der Waals surface area (Å²) in [4.78, 5) is 0. The zero-order valence-corrected chi connectivity index (χ0v) is 11.1. The van der Waals surface area contributed by atoms with Gasteiger partial charge in [-0.1, -0.05) is 11.6 Å². The van der Waals surface area contributed by atoms with Crippen molar-refractivity contribution < 1.29 is 13.0 Å². The average Bonchev–Trinajstić information content (AvgIpc) is 2.13. The molecule has 2 N–H and O–H groups in total. The summed E-state index contributed by atoms with van der Waals surface area (Å²) in [6, 6.07) is 0.